The van der Waals surface area contributed by atoms with E-state index < -0.39 is 11.2 Å². The topological polar surface area (TPSA) is 81.7 Å². The van der Waals surface area contributed by atoms with Gasteiger partial charge in [-0.05, 0) is 23.3 Å². The summed E-state index contributed by atoms with van der Waals surface area (Å²) in [6, 6.07) is 7.86. The summed E-state index contributed by atoms with van der Waals surface area (Å²) in [6.45, 7) is 1.31. The Bertz CT molecular complexity index is 482. The number of hydrazine groups is 1. The first-order chi connectivity index (χ1) is 8.97. The molecule has 2 atom stereocenters. The van der Waals surface area contributed by atoms with Gasteiger partial charge < -0.3 is 9.29 Å². The molecule has 2 amide bonds. The number of hydrogen-bond acceptors (Lipinski definition) is 4. The van der Waals surface area contributed by atoms with Crippen molar-refractivity contribution < 1.29 is 18.9 Å². The number of ether oxygens (including phenoxy) is 1. The lowest BCUT2D eigenvalue weighted by Crippen LogP contribution is -2.63. The fourth-order valence-electron chi connectivity index (χ4n) is 1.64. The zero-order valence-corrected chi connectivity index (χ0v) is 11.4. The molecule has 7 heteroatoms. The molecule has 0 saturated carbocycles. The third-order valence-corrected chi connectivity index (χ3v) is 3.75. The summed E-state index contributed by atoms with van der Waals surface area (Å²) in [6.07, 6.45) is 1.76. The zero-order valence-electron chi connectivity index (χ0n) is 10.6. The Morgan fingerprint density at radius 3 is 2.37 bits per heavy atom. The summed E-state index contributed by atoms with van der Waals surface area (Å²) >= 11 is -1.10. The van der Waals surface area contributed by atoms with Crippen LogP contribution in [0.25, 0.3) is 0 Å². The van der Waals surface area contributed by atoms with Gasteiger partial charge in [0.2, 0.25) is 11.3 Å². The van der Waals surface area contributed by atoms with Crippen LogP contribution in [0.4, 0.5) is 0 Å². The number of rotatable bonds is 2. The molecule has 3 aliphatic rings. The fourth-order valence-corrected chi connectivity index (χ4v) is 2.48. The first-order valence-electron chi connectivity index (χ1n) is 5.67. The highest BCUT2D eigenvalue weighted by Crippen LogP contribution is 2.32. The molecule has 4 rings (SSSR count). The van der Waals surface area contributed by atoms with Crippen molar-refractivity contribution in [2.75, 3.05) is 6.26 Å². The molecule has 3 aliphatic heterocycles. The van der Waals surface area contributed by atoms with Gasteiger partial charge >= 0.3 is 0 Å². The van der Waals surface area contributed by atoms with Crippen LogP contribution in [-0.2, 0) is 20.8 Å². The molecule has 6 nitrogen and oxygen atoms in total. The van der Waals surface area contributed by atoms with E-state index in [0.29, 0.717) is 0 Å². The normalized spacial score (nSPS) is 20.1. The molecule has 19 heavy (non-hydrogen) atoms. The van der Waals surface area contributed by atoms with Gasteiger partial charge in [0, 0.05) is 13.0 Å². The number of nitrogens with one attached hydrogen (secondary N) is 1. The highest BCUT2D eigenvalue weighted by molar-refractivity contribution is 7.91. The van der Waals surface area contributed by atoms with Crippen molar-refractivity contribution in [3.8, 4) is 11.5 Å². The van der Waals surface area contributed by atoms with E-state index in [1.54, 1.807) is 0 Å². The summed E-state index contributed by atoms with van der Waals surface area (Å²) in [4.78, 5) is 21.4. The van der Waals surface area contributed by atoms with Crippen molar-refractivity contribution in [1.82, 2.24) is 10.4 Å². The van der Waals surface area contributed by atoms with Gasteiger partial charge in [0.1, 0.15) is 11.5 Å². The Morgan fingerprint density at radius 1 is 1.53 bits per heavy atom. The molecule has 102 valence electrons. The molecule has 1 unspecified atom stereocenters. The molecule has 0 aromatic heterocycles. The quantitative estimate of drug-likeness (QED) is 0.651. The Balaban J connectivity index is 0.000000159. The fraction of sp³-hybridized carbons (Fsp3) is 0.333. The first-order valence-corrected chi connectivity index (χ1v) is 7.29. The van der Waals surface area contributed by atoms with Crippen LogP contribution in [0.5, 0.6) is 11.5 Å². The van der Waals surface area contributed by atoms with E-state index in [4.69, 9.17) is 4.74 Å². The predicted molar refractivity (Wildman–Crippen MR) is 69.7 cm³/mol. The van der Waals surface area contributed by atoms with Gasteiger partial charge in [0.25, 0.3) is 5.91 Å². The van der Waals surface area contributed by atoms with Gasteiger partial charge in [-0.1, -0.05) is 6.07 Å². The van der Waals surface area contributed by atoms with E-state index >= 15 is 0 Å². The van der Waals surface area contributed by atoms with Gasteiger partial charge in [-0.25, -0.2) is 5.01 Å². The van der Waals surface area contributed by atoms with Crippen LogP contribution in [0.3, 0.4) is 0 Å². The molecule has 1 saturated heterocycles. The number of carbonyl (C=O) groups excluding carboxylic acids is 2. The van der Waals surface area contributed by atoms with E-state index in [9.17, 15) is 14.1 Å². The van der Waals surface area contributed by atoms with E-state index in [1.807, 2.05) is 24.3 Å². The van der Waals surface area contributed by atoms with E-state index in [1.165, 1.54) is 13.2 Å². The molecule has 1 N–H and O–H groups in total. The monoisotopic (exact) mass is 282 g/mol. The maximum absolute atomic E-state index is 10.9. The standard InChI is InChI=1S/C6H10N2O3S.C6H4O/c1-4(9)7-8-5(10)3-6(8)12(2)11;1-2-5-4-6(3-1)7-5/h6H,3H2,1-2H3,(H,7,9);1-4H/t6-,12?;/m1./s1. The molecular weight excluding hydrogens is 268 g/mol. The lowest BCUT2D eigenvalue weighted by atomic mass is 10.2. The largest absolute Gasteiger partial charge is 0.615 e. The third-order valence-electron chi connectivity index (χ3n) is 2.61. The second-order valence-electron chi connectivity index (χ2n) is 4.17. The average Bonchev–Trinajstić information content (AvgIpc) is 2.33. The Morgan fingerprint density at radius 2 is 2.11 bits per heavy atom. The molecular formula is C12H14N2O4S. The summed E-state index contributed by atoms with van der Waals surface area (Å²) < 4.78 is 15.9. The molecule has 0 spiro atoms. The minimum absolute atomic E-state index is 0.189. The molecule has 3 heterocycles. The molecule has 0 aliphatic carbocycles. The molecule has 2 bridgehead atoms. The van der Waals surface area contributed by atoms with Gasteiger partial charge in [0.15, 0.2) is 0 Å². The number of hydrogen-bond donors (Lipinski definition) is 1. The molecule has 1 aromatic carbocycles. The van der Waals surface area contributed by atoms with Crippen LogP contribution in [0, 0.1) is 0 Å². The van der Waals surface area contributed by atoms with Gasteiger partial charge in [-0.15, -0.1) is 0 Å². The Kier molecular flexibility index (Phi) is 3.96. The summed E-state index contributed by atoms with van der Waals surface area (Å²) in [5, 5.41) is 0.778. The zero-order chi connectivity index (χ0) is 14.0. The maximum Gasteiger partial charge on any atom is 0.252 e. The van der Waals surface area contributed by atoms with E-state index in [0.717, 1.165) is 16.5 Å². The number of amides is 2. The predicted octanol–water partition coefficient (Wildman–Crippen LogP) is 0.767. The maximum atomic E-state index is 10.9. The highest BCUT2D eigenvalue weighted by atomic mass is 32.2. The van der Waals surface area contributed by atoms with Crippen LogP contribution in [0.15, 0.2) is 24.3 Å². The van der Waals surface area contributed by atoms with Crippen LogP contribution >= 0.6 is 0 Å². The lowest BCUT2D eigenvalue weighted by molar-refractivity contribution is -0.151. The number of fused-ring (bicyclic) bond motifs is 2. The number of β-lactam (4-membered cyclic amide) rings is 1. The summed E-state index contributed by atoms with van der Waals surface area (Å²) in [5.74, 6) is 1.46. The highest BCUT2D eigenvalue weighted by Gasteiger charge is 2.43. The SMILES string of the molecule is CC(=O)NN1C(=O)C[C@H]1[S+](C)[O-].c1cc2cc(c1)O2. The molecule has 0 radical (unpaired) electrons. The van der Waals surface area contributed by atoms with E-state index in [2.05, 4.69) is 5.43 Å². The van der Waals surface area contributed by atoms with Crippen LogP contribution in [-0.4, -0.2) is 33.0 Å². The number of nitrogens with zero attached hydrogens (tertiary/aromatic N) is 1. The minimum Gasteiger partial charge on any atom is -0.615 e. The second-order valence-corrected chi connectivity index (χ2v) is 5.71. The van der Waals surface area contributed by atoms with E-state index in [-0.39, 0.29) is 23.6 Å². The minimum atomic E-state index is -1.10. The second kappa shape index (κ2) is 5.50. The van der Waals surface area contributed by atoms with Crippen LogP contribution < -0.4 is 10.2 Å². The Labute approximate surface area is 113 Å². The van der Waals surface area contributed by atoms with Crippen molar-refractivity contribution in [1.29, 1.82) is 0 Å². The number of carbonyl (C=O) groups is 2. The van der Waals surface area contributed by atoms with Gasteiger partial charge in [0.05, 0.1) is 12.7 Å². The van der Waals surface area contributed by atoms with Crippen LogP contribution in [0.1, 0.15) is 13.3 Å². The molecule has 1 aromatic rings. The average molecular weight is 282 g/mol. The molecule has 1 fully saturated rings. The Hall–Kier alpha value is -1.73. The van der Waals surface area contributed by atoms with Gasteiger partial charge in [-0.2, -0.15) is 0 Å². The summed E-state index contributed by atoms with van der Waals surface area (Å²) in [5.41, 5.74) is 2.31. The summed E-state index contributed by atoms with van der Waals surface area (Å²) in [7, 11) is 0. The van der Waals surface area contributed by atoms with Gasteiger partial charge in [-0.3, -0.25) is 15.0 Å². The first kappa shape index (κ1) is 13.7. The van der Waals surface area contributed by atoms with Crippen LogP contribution in [0.2, 0.25) is 0 Å². The van der Waals surface area contributed by atoms with Crippen molar-refractivity contribution >= 4 is 23.0 Å². The lowest BCUT2D eigenvalue weighted by Gasteiger charge is -2.38. The van der Waals surface area contributed by atoms with Crippen molar-refractivity contribution in [3.63, 3.8) is 0 Å². The number of benzene rings is 1. The van der Waals surface area contributed by atoms with Crippen molar-refractivity contribution in [2.45, 2.75) is 18.7 Å². The van der Waals surface area contributed by atoms with Crippen molar-refractivity contribution in [2.24, 2.45) is 0 Å². The third kappa shape index (κ3) is 3.18. The smallest absolute Gasteiger partial charge is 0.252 e. The van der Waals surface area contributed by atoms with Crippen molar-refractivity contribution in [3.05, 3.63) is 24.3 Å².